The molecule has 0 amide bonds. The molecule has 1 rings (SSSR count). The predicted octanol–water partition coefficient (Wildman–Crippen LogP) is -1.14. The van der Waals surface area contributed by atoms with Gasteiger partial charge in [0.05, 0.1) is 0 Å². The lowest BCUT2D eigenvalue weighted by Crippen LogP contribution is -2.32. The summed E-state index contributed by atoms with van der Waals surface area (Å²) < 4.78 is 0. The zero-order valence-corrected chi connectivity index (χ0v) is 4.70. The molecule has 3 nitrogen and oxygen atoms in total. The van der Waals surface area contributed by atoms with Crippen LogP contribution < -0.4 is 0 Å². The van der Waals surface area contributed by atoms with Crippen LogP contribution in [0, 0.1) is 0 Å². The lowest BCUT2D eigenvalue weighted by atomic mass is 10.5. The Balaban J connectivity index is 2.55. The molecular weight excluding hydrogens is 106 g/mol. The van der Waals surface area contributed by atoms with E-state index in [1.165, 1.54) is 0 Å². The van der Waals surface area contributed by atoms with E-state index in [4.69, 9.17) is 10.2 Å². The first-order valence-corrected chi connectivity index (χ1v) is 2.51. The van der Waals surface area contributed by atoms with Crippen LogP contribution in [0.5, 0.6) is 0 Å². The first-order valence-electron chi connectivity index (χ1n) is 2.51. The maximum atomic E-state index is 8.89. The SMILES string of the molecule is CN1C(O)C=CC1[OH2+]. The largest absolute Gasteiger partial charge is 0.428 e. The van der Waals surface area contributed by atoms with Gasteiger partial charge in [-0.05, 0) is 13.1 Å². The fraction of sp³-hybridized carbons (Fsp3) is 0.600. The van der Waals surface area contributed by atoms with Crippen molar-refractivity contribution in [3.8, 4) is 0 Å². The van der Waals surface area contributed by atoms with E-state index in [1.807, 2.05) is 0 Å². The van der Waals surface area contributed by atoms with E-state index < -0.39 is 6.23 Å². The van der Waals surface area contributed by atoms with Crippen molar-refractivity contribution in [2.75, 3.05) is 7.05 Å². The van der Waals surface area contributed by atoms with E-state index in [0.717, 1.165) is 0 Å². The van der Waals surface area contributed by atoms with Crippen molar-refractivity contribution >= 4 is 0 Å². The molecule has 1 aliphatic rings. The first-order chi connectivity index (χ1) is 3.72. The molecule has 0 fully saturated rings. The summed E-state index contributed by atoms with van der Waals surface area (Å²) >= 11 is 0. The molecule has 0 saturated heterocycles. The molecule has 0 saturated carbocycles. The molecule has 46 valence electrons. The minimum absolute atomic E-state index is 0.356. The average Bonchev–Trinajstić information content (AvgIpc) is 1.98. The third kappa shape index (κ3) is 0.753. The highest BCUT2D eigenvalue weighted by Gasteiger charge is 2.23. The number of nitrogens with zero attached hydrogens (tertiary/aromatic N) is 1. The summed E-state index contributed by atoms with van der Waals surface area (Å²) in [6, 6.07) is 0. The number of hydrogen-bond acceptors (Lipinski definition) is 2. The number of hydrogen-bond donors (Lipinski definition) is 1. The molecule has 8 heavy (non-hydrogen) atoms. The Morgan fingerprint density at radius 1 is 1.62 bits per heavy atom. The first kappa shape index (κ1) is 5.75. The van der Waals surface area contributed by atoms with Gasteiger partial charge in [-0.3, -0.25) is 0 Å². The molecule has 3 N–H and O–H groups in total. The molecule has 0 aromatic heterocycles. The molecule has 1 heterocycles. The highest BCUT2D eigenvalue weighted by molar-refractivity contribution is 5.00. The fourth-order valence-electron chi connectivity index (χ4n) is 0.641. The number of likely N-dealkylation sites (N-methyl/N-ethyl adjacent to an activating group) is 1. The molecule has 0 aliphatic carbocycles. The van der Waals surface area contributed by atoms with Crippen molar-refractivity contribution in [2.45, 2.75) is 12.5 Å². The second kappa shape index (κ2) is 1.85. The normalized spacial score (nSPS) is 38.9. The zero-order valence-electron chi connectivity index (χ0n) is 4.70. The lowest BCUT2D eigenvalue weighted by molar-refractivity contribution is -0.0202. The molecule has 0 spiro atoms. The highest BCUT2D eigenvalue weighted by atomic mass is 16.3. The van der Waals surface area contributed by atoms with E-state index in [0.29, 0.717) is 0 Å². The van der Waals surface area contributed by atoms with Crippen molar-refractivity contribution in [3.63, 3.8) is 0 Å². The smallest absolute Gasteiger partial charge is 0.235 e. The van der Waals surface area contributed by atoms with Crippen LogP contribution >= 0.6 is 0 Å². The van der Waals surface area contributed by atoms with Gasteiger partial charge in [0.25, 0.3) is 0 Å². The predicted molar refractivity (Wildman–Crippen MR) is 30.3 cm³/mol. The van der Waals surface area contributed by atoms with Gasteiger partial charge in [0.2, 0.25) is 6.23 Å². The quantitative estimate of drug-likeness (QED) is 0.321. The van der Waals surface area contributed by atoms with Crippen molar-refractivity contribution in [1.82, 2.24) is 4.90 Å². The summed E-state index contributed by atoms with van der Waals surface area (Å²) in [6.45, 7) is 0. The molecule has 2 unspecified atom stereocenters. The van der Waals surface area contributed by atoms with Crippen LogP contribution in [0.1, 0.15) is 0 Å². The van der Waals surface area contributed by atoms with E-state index in [1.54, 1.807) is 24.1 Å². The van der Waals surface area contributed by atoms with E-state index in [-0.39, 0.29) is 6.23 Å². The summed E-state index contributed by atoms with van der Waals surface area (Å²) in [4.78, 5) is 1.56. The van der Waals surface area contributed by atoms with Crippen molar-refractivity contribution < 1.29 is 10.2 Å². The van der Waals surface area contributed by atoms with Crippen molar-refractivity contribution in [2.24, 2.45) is 0 Å². The molecule has 0 radical (unpaired) electrons. The van der Waals surface area contributed by atoms with Gasteiger partial charge in [-0.25, -0.2) is 4.90 Å². The number of aliphatic hydroxyl groups excluding tert-OH is 1. The maximum absolute atomic E-state index is 8.89. The minimum atomic E-state index is -0.544. The highest BCUT2D eigenvalue weighted by Crippen LogP contribution is 2.08. The fourth-order valence-corrected chi connectivity index (χ4v) is 0.641. The van der Waals surface area contributed by atoms with Gasteiger partial charge < -0.3 is 10.2 Å². The summed E-state index contributed by atoms with van der Waals surface area (Å²) in [7, 11) is 1.71. The van der Waals surface area contributed by atoms with E-state index in [9.17, 15) is 0 Å². The van der Waals surface area contributed by atoms with Crippen LogP contribution in [0.15, 0.2) is 12.2 Å². The van der Waals surface area contributed by atoms with Crippen molar-refractivity contribution in [1.29, 1.82) is 0 Å². The van der Waals surface area contributed by atoms with Gasteiger partial charge in [0, 0.05) is 6.08 Å². The van der Waals surface area contributed by atoms with Crippen LogP contribution in [-0.4, -0.2) is 34.6 Å². The van der Waals surface area contributed by atoms with Gasteiger partial charge in [-0.2, -0.15) is 0 Å². The second-order valence-corrected chi connectivity index (χ2v) is 1.91. The van der Waals surface area contributed by atoms with Crippen LogP contribution in [0.2, 0.25) is 0 Å². The Kier molecular flexibility index (Phi) is 1.33. The number of rotatable bonds is 0. The summed E-state index contributed by atoms with van der Waals surface area (Å²) in [5.41, 5.74) is 0. The molecule has 0 aromatic carbocycles. The molecule has 0 aromatic rings. The molecular formula is C5H10NO2+. The summed E-state index contributed by atoms with van der Waals surface area (Å²) in [6.07, 6.45) is 2.37. The molecule has 3 heteroatoms. The van der Waals surface area contributed by atoms with Gasteiger partial charge in [-0.15, -0.1) is 0 Å². The summed E-state index contributed by atoms with van der Waals surface area (Å²) in [5, 5.41) is 16.0. The Bertz CT molecular complexity index is 101. The third-order valence-electron chi connectivity index (χ3n) is 1.32. The third-order valence-corrected chi connectivity index (χ3v) is 1.32. The van der Waals surface area contributed by atoms with Gasteiger partial charge in [-0.1, -0.05) is 0 Å². The monoisotopic (exact) mass is 116 g/mol. The minimum Gasteiger partial charge on any atom is -0.428 e. The maximum Gasteiger partial charge on any atom is 0.235 e. The van der Waals surface area contributed by atoms with Crippen LogP contribution in [0.4, 0.5) is 0 Å². The van der Waals surface area contributed by atoms with E-state index in [2.05, 4.69) is 0 Å². The Labute approximate surface area is 47.9 Å². The lowest BCUT2D eigenvalue weighted by Gasteiger charge is -2.13. The Morgan fingerprint density at radius 3 is 2.38 bits per heavy atom. The zero-order chi connectivity index (χ0) is 6.15. The number of aliphatic hydroxyl groups is 1. The van der Waals surface area contributed by atoms with Gasteiger partial charge >= 0.3 is 0 Å². The van der Waals surface area contributed by atoms with Gasteiger partial charge in [0.15, 0.2) is 0 Å². The standard InChI is InChI=1S/C5H9NO2/c1-6-4(7)2-3-5(6)8/h2-5,7-8H,1H3/p+1. The summed E-state index contributed by atoms with van der Waals surface area (Å²) in [5.74, 6) is 0. The van der Waals surface area contributed by atoms with E-state index >= 15 is 0 Å². The van der Waals surface area contributed by atoms with Crippen LogP contribution in [0.25, 0.3) is 0 Å². The molecule has 1 aliphatic heterocycles. The van der Waals surface area contributed by atoms with Crippen LogP contribution in [0.3, 0.4) is 0 Å². The van der Waals surface area contributed by atoms with Crippen LogP contribution in [-0.2, 0) is 0 Å². The average molecular weight is 116 g/mol. The molecule has 0 bridgehead atoms. The second-order valence-electron chi connectivity index (χ2n) is 1.91. The Morgan fingerprint density at radius 2 is 2.25 bits per heavy atom. The van der Waals surface area contributed by atoms with Gasteiger partial charge in [0.1, 0.15) is 6.23 Å². The topological polar surface area (TPSA) is 46.4 Å². The Hall–Kier alpha value is -0.380. The van der Waals surface area contributed by atoms with Crippen molar-refractivity contribution in [3.05, 3.63) is 12.2 Å². The molecule has 2 atom stereocenters.